The van der Waals surface area contributed by atoms with Crippen LogP contribution in [0.25, 0.3) is 21.0 Å². The minimum atomic E-state index is -4.73. The van der Waals surface area contributed by atoms with Crippen molar-refractivity contribution in [3.63, 3.8) is 0 Å². The van der Waals surface area contributed by atoms with Gasteiger partial charge in [0.15, 0.2) is 11.2 Å². The number of ketones is 1. The van der Waals surface area contributed by atoms with Gasteiger partial charge in [0.25, 0.3) is 5.56 Å². The van der Waals surface area contributed by atoms with Gasteiger partial charge in [-0.1, -0.05) is 5.21 Å². The van der Waals surface area contributed by atoms with Crippen LogP contribution in [0.1, 0.15) is 40.9 Å². The first-order chi connectivity index (χ1) is 19.4. The molecular weight excluding hydrogens is 567 g/mol. The second kappa shape index (κ2) is 10.6. The predicted molar refractivity (Wildman–Crippen MR) is 140 cm³/mol. The van der Waals surface area contributed by atoms with Gasteiger partial charge in [0.2, 0.25) is 0 Å². The zero-order valence-corrected chi connectivity index (χ0v) is 22.0. The number of halogens is 3. The van der Waals surface area contributed by atoms with E-state index in [1.807, 2.05) is 0 Å². The van der Waals surface area contributed by atoms with E-state index < -0.39 is 65.2 Å². The Balaban J connectivity index is 1.39. The van der Waals surface area contributed by atoms with Gasteiger partial charge in [0.05, 0.1) is 22.4 Å². The SMILES string of the molecule is O=C(CC(CCn1nnc2ccc(C(F)(F)F)cc2c1=O)(C(=O)O)C(=O)O)c1cc2ccc(OCC3CC3)cc2s1. The molecule has 1 aliphatic rings. The number of thiophene rings is 1. The van der Waals surface area contributed by atoms with Crippen LogP contribution >= 0.6 is 11.3 Å². The highest BCUT2D eigenvalue weighted by Gasteiger charge is 2.48. The Labute approximate surface area is 233 Å². The van der Waals surface area contributed by atoms with Crippen molar-refractivity contribution >= 4 is 50.0 Å². The number of hydrogen-bond donors (Lipinski definition) is 2. The Kier molecular flexibility index (Phi) is 7.28. The molecular formula is C27H22F3N3O7S. The first-order valence-electron chi connectivity index (χ1n) is 12.5. The fourth-order valence-electron chi connectivity index (χ4n) is 4.34. The number of benzene rings is 2. The Hall–Kier alpha value is -4.33. The van der Waals surface area contributed by atoms with E-state index in [0.717, 1.165) is 36.3 Å². The average molecular weight is 590 g/mol. The third-order valence-electron chi connectivity index (χ3n) is 7.03. The van der Waals surface area contributed by atoms with Gasteiger partial charge < -0.3 is 14.9 Å². The molecule has 0 spiro atoms. The number of carboxylic acids is 2. The van der Waals surface area contributed by atoms with Gasteiger partial charge in [-0.15, -0.1) is 16.4 Å². The van der Waals surface area contributed by atoms with E-state index in [1.54, 1.807) is 24.3 Å². The number of aliphatic carboxylic acids is 2. The summed E-state index contributed by atoms with van der Waals surface area (Å²) >= 11 is 1.07. The topological polar surface area (TPSA) is 149 Å². The zero-order valence-electron chi connectivity index (χ0n) is 21.2. The number of carbonyl (C=O) groups is 3. The number of alkyl halides is 3. The maximum Gasteiger partial charge on any atom is 0.416 e. The highest BCUT2D eigenvalue weighted by Crippen LogP contribution is 2.36. The fraction of sp³-hybridized carbons (Fsp3) is 0.333. The molecule has 0 radical (unpaired) electrons. The molecule has 2 heterocycles. The molecule has 1 fully saturated rings. The number of nitrogens with zero attached hydrogens (tertiary/aromatic N) is 3. The zero-order chi connectivity index (χ0) is 29.5. The predicted octanol–water partition coefficient (Wildman–Crippen LogP) is 4.63. The molecule has 1 aliphatic carbocycles. The van der Waals surface area contributed by atoms with Gasteiger partial charge in [-0.05, 0) is 73.0 Å². The van der Waals surface area contributed by atoms with Crippen molar-refractivity contribution in [1.82, 2.24) is 15.0 Å². The molecule has 2 aromatic carbocycles. The number of carboxylic acid groups (broad SMARTS) is 2. The van der Waals surface area contributed by atoms with E-state index in [0.29, 0.717) is 39.1 Å². The first-order valence-corrected chi connectivity index (χ1v) is 13.3. The van der Waals surface area contributed by atoms with E-state index in [9.17, 15) is 42.6 Å². The molecule has 0 atom stereocenters. The molecule has 0 saturated heterocycles. The van der Waals surface area contributed by atoms with Crippen molar-refractivity contribution in [2.45, 2.75) is 38.4 Å². The number of aryl methyl sites for hydroxylation is 1. The smallest absolute Gasteiger partial charge is 0.416 e. The monoisotopic (exact) mass is 589 g/mol. The Bertz CT molecular complexity index is 1730. The second-order valence-electron chi connectivity index (χ2n) is 9.95. The van der Waals surface area contributed by atoms with Gasteiger partial charge in [0, 0.05) is 17.7 Å². The third kappa shape index (κ3) is 5.78. The fourth-order valence-corrected chi connectivity index (χ4v) is 5.37. The number of hydrogen-bond acceptors (Lipinski definition) is 8. The molecule has 1 saturated carbocycles. The summed E-state index contributed by atoms with van der Waals surface area (Å²) in [6.07, 6.45) is -4.17. The lowest BCUT2D eigenvalue weighted by Crippen LogP contribution is -2.43. The molecule has 0 unspecified atom stereocenters. The summed E-state index contributed by atoms with van der Waals surface area (Å²) < 4.78 is 46.4. The lowest BCUT2D eigenvalue weighted by molar-refractivity contribution is -0.165. The number of fused-ring (bicyclic) bond motifs is 2. The maximum atomic E-state index is 13.2. The van der Waals surface area contributed by atoms with E-state index >= 15 is 0 Å². The van der Waals surface area contributed by atoms with Crippen LogP contribution in [0.5, 0.6) is 5.75 Å². The molecule has 0 amide bonds. The summed E-state index contributed by atoms with van der Waals surface area (Å²) in [5, 5.41) is 27.4. The van der Waals surface area contributed by atoms with Crippen LogP contribution in [-0.2, 0) is 22.3 Å². The van der Waals surface area contributed by atoms with Crippen LogP contribution in [0, 0.1) is 11.3 Å². The molecule has 14 heteroatoms. The number of carbonyl (C=O) groups excluding carboxylic acids is 1. The number of Topliss-reactive ketones (excluding diaryl/α,β-unsaturated/α-hetero) is 1. The van der Waals surface area contributed by atoms with E-state index in [1.165, 1.54) is 0 Å². The molecule has 0 aliphatic heterocycles. The summed E-state index contributed by atoms with van der Waals surface area (Å²) in [6.45, 7) is -0.0332. The maximum absolute atomic E-state index is 13.2. The minimum absolute atomic E-state index is 0.122. The van der Waals surface area contributed by atoms with Crippen LogP contribution in [-0.4, -0.2) is 49.5 Å². The molecule has 2 aromatic heterocycles. The first kappa shape index (κ1) is 28.2. The average Bonchev–Trinajstić information content (AvgIpc) is 3.65. The van der Waals surface area contributed by atoms with E-state index in [2.05, 4.69) is 10.3 Å². The molecule has 41 heavy (non-hydrogen) atoms. The molecule has 5 rings (SSSR count). The van der Waals surface area contributed by atoms with E-state index in [4.69, 9.17) is 4.74 Å². The van der Waals surface area contributed by atoms with Crippen molar-refractivity contribution in [2.75, 3.05) is 6.61 Å². The Morgan fingerprint density at radius 3 is 2.44 bits per heavy atom. The lowest BCUT2D eigenvalue weighted by Gasteiger charge is -2.24. The molecule has 214 valence electrons. The Morgan fingerprint density at radius 2 is 1.78 bits per heavy atom. The highest BCUT2D eigenvalue weighted by molar-refractivity contribution is 7.20. The van der Waals surface area contributed by atoms with Crippen LogP contribution in [0.4, 0.5) is 13.2 Å². The number of aromatic nitrogens is 3. The van der Waals surface area contributed by atoms with Crippen molar-refractivity contribution in [2.24, 2.45) is 11.3 Å². The quantitative estimate of drug-likeness (QED) is 0.189. The van der Waals surface area contributed by atoms with E-state index in [-0.39, 0.29) is 10.4 Å². The molecule has 0 bridgehead atoms. The van der Waals surface area contributed by atoms with Crippen molar-refractivity contribution < 1.29 is 42.5 Å². The standard InChI is InChI=1S/C27H22F3N3O7S/c28-27(29,30)16-4-6-19-18(10-16)23(35)33(32-31-19)8-7-26(24(36)37,25(38)39)12-20(34)22-9-15-3-5-17(11-21(15)41-22)40-13-14-1-2-14/h3-6,9-11,14H,1-2,7-8,12-13H2,(H,36,37)(H,38,39). The van der Waals surface area contributed by atoms with Gasteiger partial charge in [-0.25, -0.2) is 4.68 Å². The van der Waals surface area contributed by atoms with Crippen LogP contribution < -0.4 is 10.3 Å². The number of rotatable bonds is 11. The van der Waals surface area contributed by atoms with Crippen molar-refractivity contribution in [3.05, 3.63) is 63.3 Å². The van der Waals surface area contributed by atoms with Crippen LogP contribution in [0.15, 0.2) is 47.3 Å². The van der Waals surface area contributed by atoms with Crippen molar-refractivity contribution in [1.29, 1.82) is 0 Å². The Morgan fingerprint density at radius 1 is 1.05 bits per heavy atom. The summed E-state index contributed by atoms with van der Waals surface area (Å²) in [6, 6.07) is 9.11. The summed E-state index contributed by atoms with van der Waals surface area (Å²) in [7, 11) is 0. The molecule has 4 aromatic rings. The van der Waals surface area contributed by atoms with Crippen LogP contribution in [0.2, 0.25) is 0 Å². The minimum Gasteiger partial charge on any atom is -0.493 e. The normalized spacial score (nSPS) is 13.9. The second-order valence-corrected chi connectivity index (χ2v) is 11.0. The van der Waals surface area contributed by atoms with Gasteiger partial charge in [-0.2, -0.15) is 13.2 Å². The lowest BCUT2D eigenvalue weighted by atomic mass is 9.79. The summed E-state index contributed by atoms with van der Waals surface area (Å²) in [5.74, 6) is -3.18. The van der Waals surface area contributed by atoms with Gasteiger partial charge >= 0.3 is 18.1 Å². The molecule has 2 N–H and O–H groups in total. The largest absolute Gasteiger partial charge is 0.493 e. The highest BCUT2D eigenvalue weighted by atomic mass is 32.1. The summed E-state index contributed by atoms with van der Waals surface area (Å²) in [4.78, 5) is 50.7. The van der Waals surface area contributed by atoms with Gasteiger partial charge in [-0.3, -0.25) is 19.2 Å². The van der Waals surface area contributed by atoms with Crippen molar-refractivity contribution in [3.8, 4) is 5.75 Å². The van der Waals surface area contributed by atoms with Gasteiger partial charge in [0.1, 0.15) is 11.3 Å². The van der Waals surface area contributed by atoms with Crippen LogP contribution in [0.3, 0.4) is 0 Å². The number of ether oxygens (including phenoxy) is 1. The molecule has 10 nitrogen and oxygen atoms in total. The third-order valence-corrected chi connectivity index (χ3v) is 8.17. The summed E-state index contributed by atoms with van der Waals surface area (Å²) in [5.41, 5.74) is -4.87.